The van der Waals surface area contributed by atoms with Gasteiger partial charge in [0, 0.05) is 5.69 Å². The van der Waals surface area contributed by atoms with Crippen LogP contribution in [0.5, 0.6) is 0 Å². The van der Waals surface area contributed by atoms with Gasteiger partial charge in [0.05, 0.1) is 0 Å². The molecule has 0 unspecified atom stereocenters. The number of rotatable bonds is 5. The fraction of sp³-hybridized carbons (Fsp3) is 0.188. The summed E-state index contributed by atoms with van der Waals surface area (Å²) >= 11 is 0. The van der Waals surface area contributed by atoms with E-state index in [1.165, 1.54) is 17.9 Å². The smallest absolute Gasteiger partial charge is 0.328 e. The third-order valence-electron chi connectivity index (χ3n) is 3.38. The van der Waals surface area contributed by atoms with Crippen LogP contribution in [0.1, 0.15) is 6.92 Å². The van der Waals surface area contributed by atoms with Gasteiger partial charge in [-0.05, 0) is 40.3 Å². The molecule has 1 aromatic heterocycles. The number of anilines is 1. The summed E-state index contributed by atoms with van der Waals surface area (Å²) in [6.07, 6.45) is 0.363. The molecule has 0 saturated carbocycles. The topological polar surface area (TPSA) is 99.0 Å². The van der Waals surface area contributed by atoms with Crippen molar-refractivity contribution in [2.75, 3.05) is 5.32 Å². The molecule has 0 saturated heterocycles. The largest absolute Gasteiger partial charge is 0.451 e. The maximum Gasteiger partial charge on any atom is 0.328 e. The van der Waals surface area contributed by atoms with Gasteiger partial charge in [-0.1, -0.05) is 30.3 Å². The van der Waals surface area contributed by atoms with E-state index in [9.17, 15) is 9.59 Å². The van der Waals surface area contributed by atoms with Crippen molar-refractivity contribution in [2.24, 2.45) is 0 Å². The number of benzene rings is 2. The van der Waals surface area contributed by atoms with E-state index in [0.717, 1.165) is 10.8 Å². The molecule has 8 heteroatoms. The van der Waals surface area contributed by atoms with E-state index in [4.69, 9.17) is 4.74 Å². The molecule has 0 spiro atoms. The van der Waals surface area contributed by atoms with Gasteiger partial charge in [-0.15, -0.1) is 5.10 Å². The second-order valence-corrected chi connectivity index (χ2v) is 5.19. The highest BCUT2D eigenvalue weighted by Crippen LogP contribution is 2.19. The molecule has 0 aliphatic heterocycles. The Kier molecular flexibility index (Phi) is 4.46. The standard InChI is InChI=1S/C16H15N5O3/c1-11(24-15(22)9-21-10-17-19-20-21)16(23)18-14-7-6-12-4-2-3-5-13(12)8-14/h2-8,10-11H,9H2,1H3,(H,18,23)/t11-/m0/s1. The van der Waals surface area contributed by atoms with Gasteiger partial charge < -0.3 is 10.1 Å². The summed E-state index contributed by atoms with van der Waals surface area (Å²) in [5, 5.41) is 15.2. The molecule has 0 bridgehead atoms. The molecule has 0 fully saturated rings. The third-order valence-corrected chi connectivity index (χ3v) is 3.38. The van der Waals surface area contributed by atoms with Crippen molar-refractivity contribution in [3.8, 4) is 0 Å². The molecule has 122 valence electrons. The van der Waals surface area contributed by atoms with E-state index >= 15 is 0 Å². The molecule has 0 aliphatic carbocycles. The number of nitrogens with zero attached hydrogens (tertiary/aromatic N) is 4. The van der Waals surface area contributed by atoms with Crippen LogP contribution < -0.4 is 5.32 Å². The Bertz CT molecular complexity index is 863. The predicted molar refractivity (Wildman–Crippen MR) is 85.9 cm³/mol. The Hall–Kier alpha value is -3.29. The van der Waals surface area contributed by atoms with Crippen LogP contribution in [0.3, 0.4) is 0 Å². The summed E-state index contributed by atoms with van der Waals surface area (Å²) in [4.78, 5) is 23.9. The lowest BCUT2D eigenvalue weighted by molar-refractivity contribution is -0.153. The molecular weight excluding hydrogens is 310 g/mol. The average Bonchev–Trinajstić information content (AvgIpc) is 3.07. The zero-order chi connectivity index (χ0) is 16.9. The fourth-order valence-electron chi connectivity index (χ4n) is 2.18. The van der Waals surface area contributed by atoms with Crippen LogP contribution in [0.25, 0.3) is 10.8 Å². The number of hydrogen-bond donors (Lipinski definition) is 1. The number of carbonyl (C=O) groups excluding carboxylic acids is 2. The van der Waals surface area contributed by atoms with Crippen molar-refractivity contribution >= 4 is 28.3 Å². The predicted octanol–water partition coefficient (Wildman–Crippen LogP) is 1.40. The zero-order valence-corrected chi connectivity index (χ0v) is 12.9. The number of esters is 1. The minimum atomic E-state index is -0.930. The number of carbonyl (C=O) groups is 2. The normalized spacial score (nSPS) is 11.9. The van der Waals surface area contributed by atoms with Gasteiger partial charge in [-0.3, -0.25) is 9.59 Å². The van der Waals surface area contributed by atoms with Crippen LogP contribution >= 0.6 is 0 Å². The summed E-state index contributed by atoms with van der Waals surface area (Å²) in [7, 11) is 0. The SMILES string of the molecule is C[C@H](OC(=O)Cn1cnnn1)C(=O)Nc1ccc2ccccc2c1. The van der Waals surface area contributed by atoms with Crippen LogP contribution in [0, 0.1) is 0 Å². The van der Waals surface area contributed by atoms with E-state index in [1.54, 1.807) is 6.07 Å². The van der Waals surface area contributed by atoms with Gasteiger partial charge in [0.2, 0.25) is 0 Å². The van der Waals surface area contributed by atoms with Gasteiger partial charge in [-0.2, -0.15) is 0 Å². The molecule has 24 heavy (non-hydrogen) atoms. The fourth-order valence-corrected chi connectivity index (χ4v) is 2.18. The van der Waals surface area contributed by atoms with E-state index in [-0.39, 0.29) is 6.54 Å². The summed E-state index contributed by atoms with van der Waals surface area (Å²) in [6, 6.07) is 13.4. The average molecular weight is 325 g/mol. The van der Waals surface area contributed by atoms with Crippen molar-refractivity contribution in [1.82, 2.24) is 20.2 Å². The minimum absolute atomic E-state index is 0.152. The van der Waals surface area contributed by atoms with Gasteiger partial charge in [0.15, 0.2) is 6.10 Å². The minimum Gasteiger partial charge on any atom is -0.451 e. The molecule has 1 heterocycles. The van der Waals surface area contributed by atoms with E-state index in [0.29, 0.717) is 5.69 Å². The highest BCUT2D eigenvalue weighted by atomic mass is 16.5. The number of nitrogens with one attached hydrogen (secondary N) is 1. The first-order valence-corrected chi connectivity index (χ1v) is 7.32. The van der Waals surface area contributed by atoms with Gasteiger partial charge >= 0.3 is 5.97 Å². The lowest BCUT2D eigenvalue weighted by atomic mass is 10.1. The summed E-state index contributed by atoms with van der Waals surface area (Å²) in [5.74, 6) is -1.00. The van der Waals surface area contributed by atoms with Crippen LogP contribution in [0.2, 0.25) is 0 Å². The first kappa shape index (κ1) is 15.6. The van der Waals surface area contributed by atoms with Gasteiger partial charge in [0.25, 0.3) is 5.91 Å². The molecule has 2 aromatic carbocycles. The van der Waals surface area contributed by atoms with Gasteiger partial charge in [-0.25, -0.2) is 4.68 Å². The number of hydrogen-bond acceptors (Lipinski definition) is 6. The zero-order valence-electron chi connectivity index (χ0n) is 12.9. The van der Waals surface area contributed by atoms with E-state index in [1.807, 2.05) is 36.4 Å². The molecule has 1 atom stereocenters. The Morgan fingerprint density at radius 1 is 1.21 bits per heavy atom. The molecule has 1 N–H and O–H groups in total. The maximum atomic E-state index is 12.2. The van der Waals surface area contributed by atoms with Crippen molar-refractivity contribution < 1.29 is 14.3 Å². The lowest BCUT2D eigenvalue weighted by Gasteiger charge is -2.13. The monoisotopic (exact) mass is 325 g/mol. The summed E-state index contributed by atoms with van der Waals surface area (Å²) < 4.78 is 6.30. The molecule has 3 aromatic rings. The van der Waals surface area contributed by atoms with Crippen LogP contribution in [-0.4, -0.2) is 38.2 Å². The quantitative estimate of drug-likeness (QED) is 0.712. The number of amides is 1. The Balaban J connectivity index is 1.59. The number of aromatic nitrogens is 4. The van der Waals surface area contributed by atoms with Crippen molar-refractivity contribution in [2.45, 2.75) is 19.6 Å². The first-order valence-electron chi connectivity index (χ1n) is 7.32. The number of tetrazole rings is 1. The van der Waals surface area contributed by atoms with Crippen LogP contribution in [0.15, 0.2) is 48.8 Å². The van der Waals surface area contributed by atoms with Crippen molar-refractivity contribution in [3.05, 3.63) is 48.8 Å². The molecule has 0 aliphatic rings. The first-order chi connectivity index (χ1) is 11.6. The summed E-state index contributed by atoms with van der Waals surface area (Å²) in [6.45, 7) is 1.36. The highest BCUT2D eigenvalue weighted by Gasteiger charge is 2.18. The van der Waals surface area contributed by atoms with Gasteiger partial charge in [0.1, 0.15) is 12.9 Å². The van der Waals surface area contributed by atoms with Crippen LogP contribution in [-0.2, 0) is 20.9 Å². The molecular formula is C16H15N5O3. The molecule has 8 nitrogen and oxygen atoms in total. The summed E-state index contributed by atoms with van der Waals surface area (Å²) in [5.41, 5.74) is 0.641. The molecule has 1 amide bonds. The highest BCUT2D eigenvalue weighted by molar-refractivity contribution is 5.97. The lowest BCUT2D eigenvalue weighted by Crippen LogP contribution is -2.31. The molecule has 3 rings (SSSR count). The van der Waals surface area contributed by atoms with Crippen molar-refractivity contribution in [1.29, 1.82) is 0 Å². The Labute approximate surface area is 137 Å². The van der Waals surface area contributed by atoms with Crippen molar-refractivity contribution in [3.63, 3.8) is 0 Å². The second kappa shape index (κ2) is 6.86. The third kappa shape index (κ3) is 3.72. The number of ether oxygens (including phenoxy) is 1. The van der Waals surface area contributed by atoms with E-state index in [2.05, 4.69) is 20.8 Å². The molecule has 0 radical (unpaired) electrons. The Morgan fingerprint density at radius 2 is 2.00 bits per heavy atom. The maximum absolute atomic E-state index is 12.2. The second-order valence-electron chi connectivity index (χ2n) is 5.19. The Morgan fingerprint density at radius 3 is 2.75 bits per heavy atom. The van der Waals surface area contributed by atoms with Crippen LogP contribution in [0.4, 0.5) is 5.69 Å². The number of fused-ring (bicyclic) bond motifs is 1. The van der Waals surface area contributed by atoms with E-state index < -0.39 is 18.0 Å².